The lowest BCUT2D eigenvalue weighted by Gasteiger charge is -2.33. The van der Waals surface area contributed by atoms with Crippen LogP contribution in [0.4, 0.5) is 5.69 Å². The molecule has 1 aromatic rings. The maximum atomic E-state index is 12.9. The first kappa shape index (κ1) is 18.9. The molecular weight excluding hydrogens is 356 g/mol. The Bertz CT molecular complexity index is 728. The minimum atomic E-state index is -0.467. The molecule has 2 heterocycles. The summed E-state index contributed by atoms with van der Waals surface area (Å²) in [6, 6.07) is 4.73. The van der Waals surface area contributed by atoms with Crippen molar-refractivity contribution >= 4 is 35.1 Å². The molecule has 0 unspecified atom stereocenters. The van der Waals surface area contributed by atoms with Crippen LogP contribution in [0.2, 0.25) is 5.02 Å². The number of carbonyl (C=O) groups is 3. The Kier molecular flexibility index (Phi) is 5.63. The molecule has 7 heteroatoms. The predicted octanol–water partition coefficient (Wildman–Crippen LogP) is 2.56. The van der Waals surface area contributed by atoms with Crippen molar-refractivity contribution in [3.8, 4) is 0 Å². The van der Waals surface area contributed by atoms with Crippen LogP contribution in [0, 0.1) is 12.8 Å². The highest BCUT2D eigenvalue weighted by Gasteiger charge is 2.44. The van der Waals surface area contributed by atoms with Crippen LogP contribution in [-0.2, 0) is 19.1 Å². The Balaban J connectivity index is 1.68. The van der Waals surface area contributed by atoms with Gasteiger partial charge in [-0.05, 0) is 57.5 Å². The summed E-state index contributed by atoms with van der Waals surface area (Å²) in [5.74, 6) is -0.723. The molecule has 140 valence electrons. The average molecular weight is 379 g/mol. The molecule has 0 aromatic heterocycles. The van der Waals surface area contributed by atoms with E-state index in [9.17, 15) is 14.4 Å². The van der Waals surface area contributed by atoms with E-state index in [1.165, 1.54) is 4.90 Å². The Morgan fingerprint density at radius 3 is 2.58 bits per heavy atom. The van der Waals surface area contributed by atoms with Crippen LogP contribution in [0.25, 0.3) is 0 Å². The van der Waals surface area contributed by atoms with E-state index in [0.29, 0.717) is 43.2 Å². The van der Waals surface area contributed by atoms with Gasteiger partial charge in [0.15, 0.2) is 0 Å². The van der Waals surface area contributed by atoms with E-state index in [0.717, 1.165) is 5.56 Å². The third-order valence-corrected chi connectivity index (χ3v) is 5.53. The van der Waals surface area contributed by atoms with Crippen molar-refractivity contribution < 1.29 is 19.1 Å². The normalized spacial score (nSPS) is 22.1. The second-order valence-corrected chi connectivity index (χ2v) is 7.19. The van der Waals surface area contributed by atoms with E-state index in [2.05, 4.69) is 0 Å². The summed E-state index contributed by atoms with van der Waals surface area (Å²) >= 11 is 6.14. The van der Waals surface area contributed by atoms with E-state index in [-0.39, 0.29) is 30.1 Å². The fourth-order valence-corrected chi connectivity index (χ4v) is 3.78. The van der Waals surface area contributed by atoms with Gasteiger partial charge >= 0.3 is 5.97 Å². The Morgan fingerprint density at radius 2 is 1.96 bits per heavy atom. The molecule has 2 fully saturated rings. The van der Waals surface area contributed by atoms with Gasteiger partial charge in [-0.2, -0.15) is 0 Å². The molecule has 1 atom stereocenters. The Morgan fingerprint density at radius 1 is 1.27 bits per heavy atom. The van der Waals surface area contributed by atoms with Crippen molar-refractivity contribution in [2.24, 2.45) is 5.92 Å². The first-order valence-electron chi connectivity index (χ1n) is 8.96. The van der Waals surface area contributed by atoms with Crippen molar-refractivity contribution in [2.45, 2.75) is 39.2 Å². The molecule has 0 radical (unpaired) electrons. The van der Waals surface area contributed by atoms with Crippen LogP contribution in [-0.4, -0.2) is 48.4 Å². The number of piperidine rings is 1. The number of amides is 2. The number of hydrogen-bond acceptors (Lipinski definition) is 5. The van der Waals surface area contributed by atoms with Crippen LogP contribution < -0.4 is 4.90 Å². The number of esters is 1. The topological polar surface area (TPSA) is 66.9 Å². The van der Waals surface area contributed by atoms with Crippen molar-refractivity contribution in [2.75, 3.05) is 24.6 Å². The van der Waals surface area contributed by atoms with Gasteiger partial charge in [0.2, 0.25) is 5.91 Å². The van der Waals surface area contributed by atoms with Crippen LogP contribution in [0.1, 0.15) is 31.7 Å². The lowest BCUT2D eigenvalue weighted by Crippen LogP contribution is -2.47. The smallest absolute Gasteiger partial charge is 0.309 e. The Hall–Kier alpha value is -1.92. The van der Waals surface area contributed by atoms with Gasteiger partial charge in [0.1, 0.15) is 0 Å². The van der Waals surface area contributed by atoms with Crippen LogP contribution in [0.5, 0.6) is 0 Å². The number of likely N-dealkylation sites (tertiary alicyclic amines) is 1. The second kappa shape index (κ2) is 7.76. The van der Waals surface area contributed by atoms with Gasteiger partial charge in [0.05, 0.1) is 30.7 Å². The van der Waals surface area contributed by atoms with Crippen molar-refractivity contribution in [1.82, 2.24) is 4.90 Å². The number of nitrogens with zero attached hydrogens (tertiary/aromatic N) is 2. The van der Waals surface area contributed by atoms with Crippen LogP contribution in [0.15, 0.2) is 18.2 Å². The maximum absolute atomic E-state index is 12.9. The van der Waals surface area contributed by atoms with E-state index < -0.39 is 6.04 Å². The number of imide groups is 1. The lowest BCUT2D eigenvalue weighted by atomic mass is 9.95. The second-order valence-electron chi connectivity index (χ2n) is 6.78. The highest BCUT2D eigenvalue weighted by molar-refractivity contribution is 6.32. The van der Waals surface area contributed by atoms with Gasteiger partial charge in [-0.25, -0.2) is 4.90 Å². The maximum Gasteiger partial charge on any atom is 0.309 e. The molecule has 2 aliphatic rings. The average Bonchev–Trinajstić information content (AvgIpc) is 2.92. The predicted molar refractivity (Wildman–Crippen MR) is 98.0 cm³/mol. The Labute approximate surface area is 158 Å². The van der Waals surface area contributed by atoms with E-state index >= 15 is 0 Å². The van der Waals surface area contributed by atoms with Crippen LogP contribution in [0.3, 0.4) is 0 Å². The summed E-state index contributed by atoms with van der Waals surface area (Å²) in [6.45, 7) is 5.26. The molecule has 0 saturated carbocycles. The number of anilines is 1. The van der Waals surface area contributed by atoms with Gasteiger partial charge in [-0.3, -0.25) is 19.3 Å². The van der Waals surface area contributed by atoms with Crippen molar-refractivity contribution in [3.05, 3.63) is 28.8 Å². The molecule has 2 aliphatic heterocycles. The number of benzene rings is 1. The zero-order valence-electron chi connectivity index (χ0n) is 15.0. The summed E-state index contributed by atoms with van der Waals surface area (Å²) in [5.41, 5.74) is 1.41. The molecule has 0 N–H and O–H groups in total. The first-order chi connectivity index (χ1) is 12.4. The fraction of sp³-hybridized carbons (Fsp3) is 0.526. The number of halogens is 1. The minimum absolute atomic E-state index is 0.120. The molecule has 0 bridgehead atoms. The zero-order chi connectivity index (χ0) is 18.8. The molecule has 2 saturated heterocycles. The summed E-state index contributed by atoms with van der Waals surface area (Å²) < 4.78 is 5.08. The lowest BCUT2D eigenvalue weighted by molar-refractivity contribution is -0.149. The number of carbonyl (C=O) groups excluding carboxylic acids is 3. The molecule has 6 nitrogen and oxygen atoms in total. The molecule has 2 amide bonds. The molecule has 0 spiro atoms. The number of rotatable bonds is 4. The third-order valence-electron chi connectivity index (χ3n) is 5.13. The van der Waals surface area contributed by atoms with E-state index in [1.54, 1.807) is 25.1 Å². The third kappa shape index (κ3) is 3.62. The molecule has 1 aromatic carbocycles. The first-order valence-corrected chi connectivity index (χ1v) is 9.33. The van der Waals surface area contributed by atoms with Gasteiger partial charge in [-0.1, -0.05) is 17.7 Å². The standard InChI is InChI=1S/C19H23ClN2O4/c1-3-26-19(25)13-6-8-21(9-7-13)16-11-17(23)22(18(16)24)14-5-4-12(2)15(20)10-14/h4-5,10,13,16H,3,6-9,11H2,1-2H3/t16-/m0/s1. The highest BCUT2D eigenvalue weighted by Crippen LogP contribution is 2.31. The van der Waals surface area contributed by atoms with Crippen LogP contribution >= 0.6 is 11.6 Å². The summed E-state index contributed by atoms with van der Waals surface area (Å²) in [4.78, 5) is 40.4. The monoisotopic (exact) mass is 378 g/mol. The molecular formula is C19H23ClN2O4. The van der Waals surface area contributed by atoms with E-state index in [1.807, 2.05) is 11.8 Å². The van der Waals surface area contributed by atoms with Gasteiger partial charge in [0, 0.05) is 5.02 Å². The number of aryl methyl sites for hydroxylation is 1. The van der Waals surface area contributed by atoms with Gasteiger partial charge in [0.25, 0.3) is 5.91 Å². The molecule has 26 heavy (non-hydrogen) atoms. The summed E-state index contributed by atoms with van der Waals surface area (Å²) in [5, 5.41) is 0.529. The summed E-state index contributed by atoms with van der Waals surface area (Å²) in [7, 11) is 0. The quantitative estimate of drug-likeness (QED) is 0.595. The van der Waals surface area contributed by atoms with Gasteiger partial charge < -0.3 is 4.74 Å². The largest absolute Gasteiger partial charge is 0.466 e. The number of hydrogen-bond donors (Lipinski definition) is 0. The zero-order valence-corrected chi connectivity index (χ0v) is 15.8. The SMILES string of the molecule is CCOC(=O)C1CCN([C@H]2CC(=O)N(c3ccc(C)c(Cl)c3)C2=O)CC1. The summed E-state index contributed by atoms with van der Waals surface area (Å²) in [6.07, 6.45) is 1.45. The number of ether oxygens (including phenoxy) is 1. The van der Waals surface area contributed by atoms with E-state index in [4.69, 9.17) is 16.3 Å². The molecule has 3 rings (SSSR count). The van der Waals surface area contributed by atoms with Gasteiger partial charge in [-0.15, -0.1) is 0 Å². The molecule has 0 aliphatic carbocycles. The highest BCUT2D eigenvalue weighted by atomic mass is 35.5. The van der Waals surface area contributed by atoms with Crippen molar-refractivity contribution in [3.63, 3.8) is 0 Å². The minimum Gasteiger partial charge on any atom is -0.466 e. The van der Waals surface area contributed by atoms with Crippen molar-refractivity contribution in [1.29, 1.82) is 0 Å². The fourth-order valence-electron chi connectivity index (χ4n) is 3.60.